The highest BCUT2D eigenvalue weighted by molar-refractivity contribution is 9.10. The van der Waals surface area contributed by atoms with Crippen LogP contribution in [-0.4, -0.2) is 42.5 Å². The molecule has 0 spiro atoms. The minimum atomic E-state index is -0.428. The van der Waals surface area contributed by atoms with Crippen molar-refractivity contribution in [3.63, 3.8) is 0 Å². The third kappa shape index (κ3) is 6.35. The first-order valence-corrected chi connectivity index (χ1v) is 10.4. The molecule has 5 nitrogen and oxygen atoms in total. The highest BCUT2D eigenvalue weighted by Gasteiger charge is 2.37. The van der Waals surface area contributed by atoms with Gasteiger partial charge in [-0.2, -0.15) is 0 Å². The van der Waals surface area contributed by atoms with Crippen LogP contribution in [-0.2, 0) is 14.3 Å². The molecule has 1 aliphatic rings. The number of carbonyl (C=O) groups is 2. The van der Waals surface area contributed by atoms with Gasteiger partial charge in [0.05, 0.1) is 22.0 Å². The van der Waals surface area contributed by atoms with E-state index in [0.29, 0.717) is 31.1 Å². The van der Waals surface area contributed by atoms with Gasteiger partial charge in [-0.1, -0.05) is 35.2 Å². The Morgan fingerprint density at radius 2 is 1.77 bits per heavy atom. The molecule has 1 aromatic carbocycles. The van der Waals surface area contributed by atoms with Crippen LogP contribution in [0.1, 0.15) is 49.4 Å². The average molecular weight is 492 g/mol. The van der Waals surface area contributed by atoms with Crippen LogP contribution in [0.5, 0.6) is 5.75 Å². The summed E-state index contributed by atoms with van der Waals surface area (Å²) in [5, 5.41) is 0. The van der Waals surface area contributed by atoms with Crippen molar-refractivity contribution in [1.82, 2.24) is 0 Å². The molecule has 0 radical (unpaired) electrons. The topological polar surface area (TPSA) is 61.8 Å². The minimum absolute atomic E-state index is 0.137. The zero-order chi connectivity index (χ0) is 19.0. The zero-order valence-electron chi connectivity index (χ0n) is 14.9. The largest absolute Gasteiger partial charge is 0.490 e. The van der Waals surface area contributed by atoms with Gasteiger partial charge < -0.3 is 14.2 Å². The van der Waals surface area contributed by atoms with Gasteiger partial charge in [-0.05, 0) is 47.0 Å². The molecule has 0 amide bonds. The second kappa shape index (κ2) is 10.4. The van der Waals surface area contributed by atoms with Crippen molar-refractivity contribution >= 4 is 43.6 Å². The summed E-state index contributed by atoms with van der Waals surface area (Å²) in [4.78, 5) is 23.4. The molecular formula is C19H24Br2O5. The molecule has 0 aliphatic heterocycles. The van der Waals surface area contributed by atoms with Crippen LogP contribution in [0.2, 0.25) is 0 Å². The van der Waals surface area contributed by atoms with E-state index in [-0.39, 0.29) is 18.4 Å². The van der Waals surface area contributed by atoms with Gasteiger partial charge in [-0.3, -0.25) is 9.59 Å². The van der Waals surface area contributed by atoms with Crippen molar-refractivity contribution in [1.29, 1.82) is 0 Å². The Balaban J connectivity index is 1.81. The van der Waals surface area contributed by atoms with Crippen molar-refractivity contribution in [3.05, 3.63) is 28.2 Å². The Morgan fingerprint density at radius 1 is 1.08 bits per heavy atom. The molecule has 0 atom stereocenters. The lowest BCUT2D eigenvalue weighted by Gasteiger charge is -2.30. The molecule has 1 fully saturated rings. The van der Waals surface area contributed by atoms with Gasteiger partial charge in [0.25, 0.3) is 0 Å². The predicted molar refractivity (Wildman–Crippen MR) is 106 cm³/mol. The van der Waals surface area contributed by atoms with Crippen molar-refractivity contribution < 1.29 is 23.8 Å². The maximum absolute atomic E-state index is 12.8. The van der Waals surface area contributed by atoms with Crippen LogP contribution < -0.4 is 4.74 Å². The molecule has 0 heterocycles. The summed E-state index contributed by atoms with van der Waals surface area (Å²) in [6.07, 6.45) is 5.12. The summed E-state index contributed by atoms with van der Waals surface area (Å²) in [7, 11) is 0. The molecule has 26 heavy (non-hydrogen) atoms. The SMILES string of the molecule is CC(=O)OCCOCCOc1ccc(C(=O)C2(Br)CCCCC2)cc1Br. The summed E-state index contributed by atoms with van der Waals surface area (Å²) in [6.45, 7) is 2.70. The van der Waals surface area contributed by atoms with E-state index in [1.165, 1.54) is 13.3 Å². The normalized spacial score (nSPS) is 16.1. The van der Waals surface area contributed by atoms with Gasteiger partial charge >= 0.3 is 5.97 Å². The van der Waals surface area contributed by atoms with Crippen molar-refractivity contribution in [2.45, 2.75) is 43.4 Å². The standard InChI is InChI=1S/C19H24Br2O5/c1-14(22)25-11-9-24-10-12-26-17-6-5-15(13-16(17)20)18(23)19(21)7-3-2-4-8-19/h5-6,13H,2-4,7-12H2,1H3. The molecular weight excluding hydrogens is 468 g/mol. The summed E-state index contributed by atoms with van der Waals surface area (Å²) in [5.74, 6) is 0.484. The number of rotatable bonds is 9. The molecule has 1 aliphatic carbocycles. The first-order chi connectivity index (χ1) is 12.4. The first kappa shape index (κ1) is 21.4. The van der Waals surface area contributed by atoms with Crippen LogP contribution >= 0.6 is 31.9 Å². The lowest BCUT2D eigenvalue weighted by molar-refractivity contribution is -0.142. The third-order valence-corrected chi connectivity index (χ3v) is 6.04. The molecule has 0 aromatic heterocycles. The van der Waals surface area contributed by atoms with E-state index in [1.807, 2.05) is 12.1 Å². The highest BCUT2D eigenvalue weighted by Crippen LogP contribution is 2.39. The van der Waals surface area contributed by atoms with Gasteiger partial charge in [0, 0.05) is 12.5 Å². The molecule has 1 saturated carbocycles. The van der Waals surface area contributed by atoms with E-state index in [4.69, 9.17) is 14.2 Å². The molecule has 0 saturated heterocycles. The number of hydrogen-bond acceptors (Lipinski definition) is 5. The fraction of sp³-hybridized carbons (Fsp3) is 0.579. The Hall–Kier alpha value is -0.920. The number of hydrogen-bond donors (Lipinski definition) is 0. The predicted octanol–water partition coefficient (Wildman–Crippen LogP) is 4.69. The zero-order valence-corrected chi connectivity index (χ0v) is 18.1. The molecule has 0 unspecified atom stereocenters. The molecule has 7 heteroatoms. The van der Waals surface area contributed by atoms with Gasteiger partial charge in [0.15, 0.2) is 5.78 Å². The van der Waals surface area contributed by atoms with E-state index in [2.05, 4.69) is 31.9 Å². The van der Waals surface area contributed by atoms with Gasteiger partial charge in [-0.25, -0.2) is 0 Å². The van der Waals surface area contributed by atoms with Crippen LogP contribution in [0, 0.1) is 0 Å². The molecule has 144 valence electrons. The van der Waals surface area contributed by atoms with E-state index in [0.717, 1.165) is 30.2 Å². The summed E-state index contributed by atoms with van der Waals surface area (Å²) < 4.78 is 16.1. The van der Waals surface area contributed by atoms with Crippen LogP contribution in [0.3, 0.4) is 0 Å². The summed E-state index contributed by atoms with van der Waals surface area (Å²) in [6, 6.07) is 5.42. The second-order valence-electron chi connectivity index (χ2n) is 6.30. The molecule has 0 bridgehead atoms. The van der Waals surface area contributed by atoms with Crippen LogP contribution in [0.4, 0.5) is 0 Å². The average Bonchev–Trinajstić information content (AvgIpc) is 2.61. The van der Waals surface area contributed by atoms with Crippen LogP contribution in [0.25, 0.3) is 0 Å². The number of ketones is 1. The Kier molecular flexibility index (Phi) is 8.57. The fourth-order valence-corrected chi connectivity index (χ4v) is 4.20. The van der Waals surface area contributed by atoms with Crippen molar-refractivity contribution in [2.75, 3.05) is 26.4 Å². The molecule has 0 N–H and O–H groups in total. The number of ether oxygens (including phenoxy) is 3. The molecule has 2 rings (SSSR count). The quantitative estimate of drug-likeness (QED) is 0.217. The highest BCUT2D eigenvalue weighted by atomic mass is 79.9. The number of esters is 1. The van der Waals surface area contributed by atoms with E-state index in [9.17, 15) is 9.59 Å². The minimum Gasteiger partial charge on any atom is -0.490 e. The Morgan fingerprint density at radius 3 is 2.42 bits per heavy atom. The smallest absolute Gasteiger partial charge is 0.302 e. The van der Waals surface area contributed by atoms with Gasteiger partial charge in [-0.15, -0.1) is 0 Å². The summed E-state index contributed by atoms with van der Waals surface area (Å²) >= 11 is 7.15. The second-order valence-corrected chi connectivity index (χ2v) is 8.67. The fourth-order valence-electron chi connectivity index (χ4n) is 2.91. The maximum atomic E-state index is 12.8. The van der Waals surface area contributed by atoms with Gasteiger partial charge in [0.2, 0.25) is 0 Å². The number of Topliss-reactive ketones (excluding diaryl/α,β-unsaturated/α-hetero) is 1. The van der Waals surface area contributed by atoms with Crippen molar-refractivity contribution in [3.8, 4) is 5.75 Å². The summed E-state index contributed by atoms with van der Waals surface area (Å²) in [5.41, 5.74) is 0.681. The Labute approximate surface area is 171 Å². The van der Waals surface area contributed by atoms with Gasteiger partial charge in [0.1, 0.15) is 19.0 Å². The van der Waals surface area contributed by atoms with Crippen molar-refractivity contribution in [2.24, 2.45) is 0 Å². The Bertz CT molecular complexity index is 626. The maximum Gasteiger partial charge on any atom is 0.302 e. The van der Waals surface area contributed by atoms with E-state index >= 15 is 0 Å². The lowest BCUT2D eigenvalue weighted by Crippen LogP contribution is -2.34. The number of benzene rings is 1. The molecule has 1 aromatic rings. The monoisotopic (exact) mass is 490 g/mol. The first-order valence-electron chi connectivity index (χ1n) is 8.79. The lowest BCUT2D eigenvalue weighted by atomic mass is 9.83. The number of alkyl halides is 1. The van der Waals surface area contributed by atoms with E-state index in [1.54, 1.807) is 6.07 Å². The number of carbonyl (C=O) groups excluding carboxylic acids is 2. The van der Waals surface area contributed by atoms with E-state index < -0.39 is 4.32 Å². The third-order valence-electron chi connectivity index (χ3n) is 4.27. The van der Waals surface area contributed by atoms with Crippen LogP contribution in [0.15, 0.2) is 22.7 Å². The number of halogens is 2.